The second-order valence-electron chi connectivity index (χ2n) is 6.20. The van der Waals surface area contributed by atoms with Crippen molar-refractivity contribution in [2.45, 2.75) is 19.0 Å². The summed E-state index contributed by atoms with van der Waals surface area (Å²) in [6.07, 6.45) is 1.62. The van der Waals surface area contributed by atoms with E-state index in [0.717, 1.165) is 16.9 Å². The first-order valence-corrected chi connectivity index (χ1v) is 9.36. The molecular formula is C21H20Cl2N2O2. The van der Waals surface area contributed by atoms with Crippen LogP contribution < -0.4 is 10.6 Å². The van der Waals surface area contributed by atoms with E-state index in [9.17, 15) is 4.79 Å². The van der Waals surface area contributed by atoms with Crippen LogP contribution in [0, 0.1) is 0 Å². The zero-order valence-electron chi connectivity index (χ0n) is 14.8. The molecule has 3 rings (SSSR count). The third-order valence-electron chi connectivity index (χ3n) is 4.23. The predicted octanol–water partition coefficient (Wildman–Crippen LogP) is 5.14. The SMILES string of the molecule is C[C@H](NC(=O)CN[C@H](c1ccccc1)c1ccco1)c1ccc(Cl)cc1Cl. The Balaban J connectivity index is 1.64. The lowest BCUT2D eigenvalue weighted by atomic mass is 10.0. The number of hydrogen-bond donors (Lipinski definition) is 2. The van der Waals surface area contributed by atoms with Gasteiger partial charge in [-0.2, -0.15) is 0 Å². The number of nitrogens with one attached hydrogen (secondary N) is 2. The molecule has 0 radical (unpaired) electrons. The number of rotatable bonds is 7. The van der Waals surface area contributed by atoms with Crippen LogP contribution in [0.1, 0.15) is 35.9 Å². The molecule has 3 aromatic rings. The van der Waals surface area contributed by atoms with Crippen molar-refractivity contribution in [3.63, 3.8) is 0 Å². The second-order valence-corrected chi connectivity index (χ2v) is 7.04. The van der Waals surface area contributed by atoms with Gasteiger partial charge in [-0.05, 0) is 42.3 Å². The lowest BCUT2D eigenvalue weighted by Crippen LogP contribution is -2.37. The van der Waals surface area contributed by atoms with Gasteiger partial charge in [0.1, 0.15) is 5.76 Å². The zero-order chi connectivity index (χ0) is 19.2. The van der Waals surface area contributed by atoms with Crippen LogP contribution in [0.4, 0.5) is 0 Å². The maximum absolute atomic E-state index is 12.4. The van der Waals surface area contributed by atoms with Crippen LogP contribution in [0.25, 0.3) is 0 Å². The van der Waals surface area contributed by atoms with E-state index < -0.39 is 0 Å². The topological polar surface area (TPSA) is 54.3 Å². The van der Waals surface area contributed by atoms with Gasteiger partial charge in [-0.3, -0.25) is 10.1 Å². The molecule has 2 N–H and O–H groups in total. The number of halogens is 2. The maximum atomic E-state index is 12.4. The molecule has 2 aromatic carbocycles. The highest BCUT2D eigenvalue weighted by Crippen LogP contribution is 2.26. The number of furan rings is 1. The first-order valence-electron chi connectivity index (χ1n) is 8.60. The van der Waals surface area contributed by atoms with E-state index in [4.69, 9.17) is 27.6 Å². The molecule has 0 saturated carbocycles. The molecule has 0 unspecified atom stereocenters. The summed E-state index contributed by atoms with van der Waals surface area (Å²) in [6.45, 7) is 2.02. The van der Waals surface area contributed by atoms with Gasteiger partial charge in [0.15, 0.2) is 0 Å². The van der Waals surface area contributed by atoms with Crippen LogP contribution in [0.2, 0.25) is 10.0 Å². The van der Waals surface area contributed by atoms with E-state index in [2.05, 4.69) is 10.6 Å². The van der Waals surface area contributed by atoms with Crippen LogP contribution in [0.15, 0.2) is 71.3 Å². The van der Waals surface area contributed by atoms with Crippen LogP contribution in [0.3, 0.4) is 0 Å². The van der Waals surface area contributed by atoms with Crippen molar-refractivity contribution in [3.05, 3.63) is 93.9 Å². The van der Waals surface area contributed by atoms with Crippen LogP contribution >= 0.6 is 23.2 Å². The quantitative estimate of drug-likeness (QED) is 0.574. The Morgan fingerprint density at radius 2 is 1.85 bits per heavy atom. The van der Waals surface area contributed by atoms with Crippen LogP contribution in [0.5, 0.6) is 0 Å². The average Bonchev–Trinajstić information content (AvgIpc) is 3.17. The molecule has 140 valence electrons. The van der Waals surface area contributed by atoms with Crippen molar-refractivity contribution in [1.29, 1.82) is 0 Å². The Morgan fingerprint density at radius 1 is 1.07 bits per heavy atom. The molecule has 0 saturated heterocycles. The molecular weight excluding hydrogens is 383 g/mol. The highest BCUT2D eigenvalue weighted by atomic mass is 35.5. The van der Waals surface area contributed by atoms with Gasteiger partial charge in [0, 0.05) is 10.0 Å². The summed E-state index contributed by atoms with van der Waals surface area (Å²) >= 11 is 12.1. The van der Waals surface area contributed by atoms with E-state index >= 15 is 0 Å². The van der Waals surface area contributed by atoms with Crippen molar-refractivity contribution in [2.75, 3.05) is 6.54 Å². The largest absolute Gasteiger partial charge is 0.467 e. The zero-order valence-corrected chi connectivity index (χ0v) is 16.3. The molecule has 0 spiro atoms. The lowest BCUT2D eigenvalue weighted by Gasteiger charge is -2.19. The van der Waals surface area contributed by atoms with Gasteiger partial charge >= 0.3 is 0 Å². The maximum Gasteiger partial charge on any atom is 0.234 e. The number of carbonyl (C=O) groups is 1. The minimum Gasteiger partial charge on any atom is -0.467 e. The van der Waals surface area contributed by atoms with Crippen molar-refractivity contribution in [3.8, 4) is 0 Å². The van der Waals surface area contributed by atoms with Gasteiger partial charge in [0.2, 0.25) is 5.91 Å². The minimum absolute atomic E-state index is 0.135. The summed E-state index contributed by atoms with van der Waals surface area (Å²) in [6, 6.07) is 18.4. The monoisotopic (exact) mass is 402 g/mol. The van der Waals surface area contributed by atoms with Gasteiger partial charge in [-0.15, -0.1) is 0 Å². The standard InChI is InChI=1S/C21H20Cl2N2O2/c1-14(17-10-9-16(22)12-18(17)23)25-20(26)13-24-21(19-8-5-11-27-19)15-6-3-2-4-7-15/h2-12,14,21,24H,13H2,1H3,(H,25,26)/t14-,21+/m0/s1. The van der Waals surface area contributed by atoms with Gasteiger partial charge in [-0.25, -0.2) is 0 Å². The number of benzene rings is 2. The molecule has 1 amide bonds. The van der Waals surface area contributed by atoms with E-state index in [1.54, 1.807) is 18.4 Å². The van der Waals surface area contributed by atoms with Crippen molar-refractivity contribution in [2.24, 2.45) is 0 Å². The van der Waals surface area contributed by atoms with E-state index in [-0.39, 0.29) is 24.5 Å². The number of amides is 1. The molecule has 0 bridgehead atoms. The van der Waals surface area contributed by atoms with Crippen LogP contribution in [-0.4, -0.2) is 12.5 Å². The molecule has 1 heterocycles. The molecule has 2 atom stereocenters. The van der Waals surface area contributed by atoms with E-state index in [1.165, 1.54) is 0 Å². The summed E-state index contributed by atoms with van der Waals surface area (Å²) in [4.78, 5) is 12.4. The summed E-state index contributed by atoms with van der Waals surface area (Å²) in [5.41, 5.74) is 1.84. The summed E-state index contributed by atoms with van der Waals surface area (Å²) in [7, 11) is 0. The average molecular weight is 403 g/mol. The molecule has 1 aromatic heterocycles. The fourth-order valence-electron chi connectivity index (χ4n) is 2.90. The predicted molar refractivity (Wildman–Crippen MR) is 108 cm³/mol. The highest BCUT2D eigenvalue weighted by Gasteiger charge is 2.19. The third kappa shape index (κ3) is 5.13. The Bertz CT molecular complexity index is 882. The first-order chi connectivity index (χ1) is 13.0. The summed E-state index contributed by atoms with van der Waals surface area (Å²) in [5, 5.41) is 7.30. The van der Waals surface area contributed by atoms with Gasteiger partial charge in [0.25, 0.3) is 0 Å². The van der Waals surface area contributed by atoms with Crippen molar-refractivity contribution >= 4 is 29.1 Å². The number of hydrogen-bond acceptors (Lipinski definition) is 3. The molecule has 0 fully saturated rings. The van der Waals surface area contributed by atoms with Crippen molar-refractivity contribution < 1.29 is 9.21 Å². The molecule has 0 aliphatic rings. The Morgan fingerprint density at radius 3 is 2.52 bits per heavy atom. The molecule has 0 aliphatic carbocycles. The molecule has 27 heavy (non-hydrogen) atoms. The second kappa shape index (κ2) is 9.09. The Hall–Kier alpha value is -2.27. The van der Waals surface area contributed by atoms with E-state index in [0.29, 0.717) is 10.0 Å². The molecule has 6 heteroatoms. The Kier molecular flexibility index (Phi) is 6.56. The number of carbonyl (C=O) groups excluding carboxylic acids is 1. The highest BCUT2D eigenvalue weighted by molar-refractivity contribution is 6.35. The molecule has 4 nitrogen and oxygen atoms in total. The smallest absolute Gasteiger partial charge is 0.234 e. The minimum atomic E-state index is -0.233. The van der Waals surface area contributed by atoms with E-state index in [1.807, 2.05) is 55.5 Å². The van der Waals surface area contributed by atoms with Gasteiger partial charge in [-0.1, -0.05) is 59.6 Å². The van der Waals surface area contributed by atoms with Gasteiger partial charge in [0.05, 0.1) is 24.9 Å². The third-order valence-corrected chi connectivity index (χ3v) is 4.80. The summed E-state index contributed by atoms with van der Waals surface area (Å²) in [5.74, 6) is 0.615. The lowest BCUT2D eigenvalue weighted by molar-refractivity contribution is -0.121. The molecule has 0 aliphatic heterocycles. The van der Waals surface area contributed by atoms with Crippen molar-refractivity contribution in [1.82, 2.24) is 10.6 Å². The fourth-order valence-corrected chi connectivity index (χ4v) is 3.47. The fraction of sp³-hybridized carbons (Fsp3) is 0.190. The normalized spacial score (nSPS) is 13.1. The first kappa shape index (κ1) is 19.5. The Labute approximate surface area is 168 Å². The van der Waals surface area contributed by atoms with Gasteiger partial charge < -0.3 is 9.73 Å². The van der Waals surface area contributed by atoms with Crippen LogP contribution in [-0.2, 0) is 4.79 Å². The summed E-state index contributed by atoms with van der Waals surface area (Å²) < 4.78 is 5.54.